The fourth-order valence-electron chi connectivity index (χ4n) is 2.19. The molecule has 2 rings (SSSR count). The summed E-state index contributed by atoms with van der Waals surface area (Å²) >= 11 is 0. The Kier molecular flexibility index (Phi) is 6.14. The number of unbranched alkanes of at least 4 members (excludes halogenated alkanes) is 1. The minimum atomic E-state index is 0.762. The van der Waals surface area contributed by atoms with Gasteiger partial charge in [0.25, 0.3) is 0 Å². The highest BCUT2D eigenvalue weighted by Gasteiger charge is 2.07. The van der Waals surface area contributed by atoms with E-state index in [9.17, 15) is 0 Å². The zero-order chi connectivity index (χ0) is 14.0. The SMILES string of the molecule is NCCCCN(Cc1ccncc1)Cc1ccncc1. The summed E-state index contributed by atoms with van der Waals surface area (Å²) in [5.74, 6) is 0. The van der Waals surface area contributed by atoms with Crippen LogP contribution in [0.3, 0.4) is 0 Å². The number of hydrogen-bond acceptors (Lipinski definition) is 4. The van der Waals surface area contributed by atoms with Crippen LogP contribution in [0.25, 0.3) is 0 Å². The van der Waals surface area contributed by atoms with Crippen LogP contribution in [0.5, 0.6) is 0 Å². The third-order valence-electron chi connectivity index (χ3n) is 3.24. The van der Waals surface area contributed by atoms with Crippen molar-refractivity contribution >= 4 is 0 Å². The molecule has 0 aromatic carbocycles. The maximum absolute atomic E-state index is 5.58. The Labute approximate surface area is 120 Å². The van der Waals surface area contributed by atoms with Crippen LogP contribution in [0.1, 0.15) is 24.0 Å². The van der Waals surface area contributed by atoms with Gasteiger partial charge in [0, 0.05) is 37.9 Å². The Morgan fingerprint density at radius 1 is 0.800 bits per heavy atom. The van der Waals surface area contributed by atoms with Gasteiger partial charge in [0.2, 0.25) is 0 Å². The van der Waals surface area contributed by atoms with Crippen molar-refractivity contribution in [3.05, 3.63) is 60.2 Å². The molecule has 0 aliphatic rings. The van der Waals surface area contributed by atoms with Crippen molar-refractivity contribution < 1.29 is 0 Å². The molecular formula is C16H22N4. The molecule has 20 heavy (non-hydrogen) atoms. The molecule has 0 atom stereocenters. The maximum Gasteiger partial charge on any atom is 0.0271 e. The Bertz CT molecular complexity index is 431. The molecule has 0 unspecified atom stereocenters. The predicted molar refractivity (Wildman–Crippen MR) is 80.9 cm³/mol. The molecule has 4 nitrogen and oxygen atoms in total. The fourth-order valence-corrected chi connectivity index (χ4v) is 2.19. The lowest BCUT2D eigenvalue weighted by molar-refractivity contribution is 0.251. The van der Waals surface area contributed by atoms with Gasteiger partial charge in [-0.25, -0.2) is 0 Å². The number of hydrogen-bond donors (Lipinski definition) is 1. The Balaban J connectivity index is 1.96. The lowest BCUT2D eigenvalue weighted by Gasteiger charge is -2.22. The van der Waals surface area contributed by atoms with E-state index in [1.807, 2.05) is 24.8 Å². The summed E-state index contributed by atoms with van der Waals surface area (Å²) in [7, 11) is 0. The summed E-state index contributed by atoms with van der Waals surface area (Å²) in [4.78, 5) is 10.6. The average molecular weight is 270 g/mol. The lowest BCUT2D eigenvalue weighted by Crippen LogP contribution is -2.24. The van der Waals surface area contributed by atoms with Crippen LogP contribution >= 0.6 is 0 Å². The normalized spacial score (nSPS) is 10.9. The zero-order valence-electron chi connectivity index (χ0n) is 11.8. The molecule has 0 aliphatic heterocycles. The summed E-state index contributed by atoms with van der Waals surface area (Å²) < 4.78 is 0. The Hall–Kier alpha value is -1.78. The van der Waals surface area contributed by atoms with E-state index in [0.717, 1.165) is 39.0 Å². The van der Waals surface area contributed by atoms with Crippen molar-refractivity contribution in [1.29, 1.82) is 0 Å². The summed E-state index contributed by atoms with van der Waals surface area (Å²) in [6.45, 7) is 3.70. The number of nitrogens with two attached hydrogens (primary N) is 1. The first-order chi connectivity index (χ1) is 9.88. The number of nitrogens with zero attached hydrogens (tertiary/aromatic N) is 3. The first kappa shape index (κ1) is 14.6. The molecule has 0 saturated carbocycles. The van der Waals surface area contributed by atoms with Gasteiger partial charge in [-0.05, 0) is 61.3 Å². The number of rotatable bonds is 8. The molecule has 0 amide bonds. The first-order valence-electron chi connectivity index (χ1n) is 7.08. The van der Waals surface area contributed by atoms with Crippen LogP contribution in [-0.4, -0.2) is 28.0 Å². The average Bonchev–Trinajstić information content (AvgIpc) is 2.49. The van der Waals surface area contributed by atoms with Gasteiger partial charge in [0.1, 0.15) is 0 Å². The topological polar surface area (TPSA) is 55.0 Å². The zero-order valence-corrected chi connectivity index (χ0v) is 11.8. The largest absolute Gasteiger partial charge is 0.330 e. The van der Waals surface area contributed by atoms with Crippen molar-refractivity contribution in [2.45, 2.75) is 25.9 Å². The first-order valence-corrected chi connectivity index (χ1v) is 7.08. The van der Waals surface area contributed by atoms with Crippen molar-refractivity contribution in [3.8, 4) is 0 Å². The van der Waals surface area contributed by atoms with E-state index < -0.39 is 0 Å². The monoisotopic (exact) mass is 270 g/mol. The van der Waals surface area contributed by atoms with Crippen LogP contribution in [0, 0.1) is 0 Å². The van der Waals surface area contributed by atoms with Crippen molar-refractivity contribution in [2.75, 3.05) is 13.1 Å². The molecule has 4 heteroatoms. The molecule has 0 aliphatic carbocycles. The van der Waals surface area contributed by atoms with E-state index in [4.69, 9.17) is 5.73 Å². The van der Waals surface area contributed by atoms with E-state index in [2.05, 4.69) is 39.1 Å². The van der Waals surface area contributed by atoms with Crippen molar-refractivity contribution in [1.82, 2.24) is 14.9 Å². The van der Waals surface area contributed by atoms with Gasteiger partial charge in [-0.2, -0.15) is 0 Å². The third kappa shape index (κ3) is 5.07. The maximum atomic E-state index is 5.58. The second kappa shape index (κ2) is 8.40. The second-order valence-electron chi connectivity index (χ2n) is 4.92. The fraction of sp³-hybridized carbons (Fsp3) is 0.375. The van der Waals surface area contributed by atoms with Crippen molar-refractivity contribution in [3.63, 3.8) is 0 Å². The summed E-state index contributed by atoms with van der Waals surface area (Å²) in [5, 5.41) is 0. The van der Waals surface area contributed by atoms with Gasteiger partial charge in [0.15, 0.2) is 0 Å². The van der Waals surface area contributed by atoms with Gasteiger partial charge in [-0.15, -0.1) is 0 Å². The summed E-state index contributed by atoms with van der Waals surface area (Å²) in [5.41, 5.74) is 8.17. The number of pyridine rings is 2. The molecule has 2 heterocycles. The highest BCUT2D eigenvalue weighted by Crippen LogP contribution is 2.10. The second-order valence-corrected chi connectivity index (χ2v) is 4.92. The highest BCUT2D eigenvalue weighted by molar-refractivity contribution is 5.12. The Morgan fingerprint density at radius 3 is 1.75 bits per heavy atom. The number of aromatic nitrogens is 2. The van der Waals surface area contributed by atoms with Gasteiger partial charge < -0.3 is 5.73 Å². The molecule has 0 saturated heterocycles. The van der Waals surface area contributed by atoms with Gasteiger partial charge >= 0.3 is 0 Å². The molecule has 0 radical (unpaired) electrons. The predicted octanol–water partition coefficient (Wildman–Crippen LogP) is 2.22. The minimum Gasteiger partial charge on any atom is -0.330 e. The van der Waals surface area contributed by atoms with Crippen LogP contribution in [-0.2, 0) is 13.1 Å². The van der Waals surface area contributed by atoms with Gasteiger partial charge in [-0.3, -0.25) is 14.9 Å². The molecule has 106 valence electrons. The summed E-state index contributed by atoms with van der Waals surface area (Å²) in [6.07, 6.45) is 9.59. The molecule has 2 aromatic rings. The van der Waals surface area contributed by atoms with Crippen LogP contribution in [0.4, 0.5) is 0 Å². The molecule has 2 aromatic heterocycles. The van der Waals surface area contributed by atoms with Gasteiger partial charge in [-0.1, -0.05) is 0 Å². The standard InChI is InChI=1S/C16H22N4/c17-7-1-2-12-20(13-15-3-8-18-9-4-15)14-16-5-10-19-11-6-16/h3-6,8-11H,1-2,7,12-14,17H2. The molecular weight excluding hydrogens is 248 g/mol. The van der Waals surface area contributed by atoms with Crippen LogP contribution < -0.4 is 5.73 Å². The summed E-state index contributed by atoms with van der Waals surface area (Å²) in [6, 6.07) is 8.29. The van der Waals surface area contributed by atoms with E-state index in [-0.39, 0.29) is 0 Å². The Morgan fingerprint density at radius 2 is 1.30 bits per heavy atom. The molecule has 0 fully saturated rings. The quantitative estimate of drug-likeness (QED) is 0.747. The van der Waals surface area contributed by atoms with Crippen LogP contribution in [0.2, 0.25) is 0 Å². The highest BCUT2D eigenvalue weighted by atomic mass is 15.1. The van der Waals surface area contributed by atoms with E-state index in [1.165, 1.54) is 11.1 Å². The van der Waals surface area contributed by atoms with E-state index in [1.54, 1.807) is 0 Å². The molecule has 2 N–H and O–H groups in total. The molecule has 0 spiro atoms. The van der Waals surface area contributed by atoms with E-state index in [0.29, 0.717) is 0 Å². The minimum absolute atomic E-state index is 0.762. The van der Waals surface area contributed by atoms with E-state index >= 15 is 0 Å². The van der Waals surface area contributed by atoms with Crippen molar-refractivity contribution in [2.24, 2.45) is 5.73 Å². The van der Waals surface area contributed by atoms with Crippen LogP contribution in [0.15, 0.2) is 49.1 Å². The third-order valence-corrected chi connectivity index (χ3v) is 3.24. The smallest absolute Gasteiger partial charge is 0.0271 e. The van der Waals surface area contributed by atoms with Gasteiger partial charge in [0.05, 0.1) is 0 Å². The lowest BCUT2D eigenvalue weighted by atomic mass is 10.2. The molecule has 0 bridgehead atoms.